The average molecular weight is 272 g/mol. The molecule has 0 radical (unpaired) electrons. The summed E-state index contributed by atoms with van der Waals surface area (Å²) in [4.78, 5) is 30.0. The molecule has 1 aliphatic heterocycles. The SMILES string of the molecule is CCCCCC1=C(C)C(=O)N(Cc2ccccn2)C1=O. The van der Waals surface area contributed by atoms with Gasteiger partial charge in [-0.2, -0.15) is 0 Å². The molecule has 2 amide bonds. The molecule has 4 nitrogen and oxygen atoms in total. The van der Waals surface area contributed by atoms with E-state index in [1.54, 1.807) is 13.1 Å². The molecule has 0 aromatic carbocycles. The number of carbonyl (C=O) groups excluding carboxylic acids is 2. The molecule has 2 heterocycles. The normalized spacial score (nSPS) is 15.4. The van der Waals surface area contributed by atoms with Crippen LogP contribution in [-0.2, 0) is 16.1 Å². The van der Waals surface area contributed by atoms with Gasteiger partial charge in [-0.25, -0.2) is 0 Å². The third kappa shape index (κ3) is 2.95. The van der Waals surface area contributed by atoms with E-state index < -0.39 is 0 Å². The Hall–Kier alpha value is -1.97. The van der Waals surface area contributed by atoms with Crippen LogP contribution in [0.5, 0.6) is 0 Å². The molecule has 4 heteroatoms. The van der Waals surface area contributed by atoms with Crippen LogP contribution in [0.1, 0.15) is 45.2 Å². The lowest BCUT2D eigenvalue weighted by Gasteiger charge is -2.14. The second-order valence-electron chi connectivity index (χ2n) is 5.08. The maximum Gasteiger partial charge on any atom is 0.257 e. The molecule has 20 heavy (non-hydrogen) atoms. The van der Waals surface area contributed by atoms with Crippen LogP contribution in [0.2, 0.25) is 0 Å². The molecule has 0 atom stereocenters. The van der Waals surface area contributed by atoms with Crippen molar-refractivity contribution in [1.82, 2.24) is 9.88 Å². The average Bonchev–Trinajstić information content (AvgIpc) is 2.66. The summed E-state index contributed by atoms with van der Waals surface area (Å²) in [6, 6.07) is 5.50. The van der Waals surface area contributed by atoms with Crippen LogP contribution in [0.15, 0.2) is 35.5 Å². The minimum Gasteiger partial charge on any atom is -0.269 e. The molecule has 0 spiro atoms. The number of rotatable bonds is 6. The highest BCUT2D eigenvalue weighted by Gasteiger charge is 2.35. The van der Waals surface area contributed by atoms with Crippen molar-refractivity contribution in [2.24, 2.45) is 0 Å². The van der Waals surface area contributed by atoms with E-state index in [1.165, 1.54) is 4.90 Å². The maximum absolute atomic E-state index is 12.3. The minimum absolute atomic E-state index is 0.144. The number of imide groups is 1. The van der Waals surface area contributed by atoms with Crippen molar-refractivity contribution in [3.05, 3.63) is 41.2 Å². The first kappa shape index (κ1) is 14.4. The van der Waals surface area contributed by atoms with Gasteiger partial charge in [-0.3, -0.25) is 19.5 Å². The Bertz CT molecular complexity index is 535. The number of hydrogen-bond donors (Lipinski definition) is 0. The van der Waals surface area contributed by atoms with Crippen molar-refractivity contribution in [3.8, 4) is 0 Å². The fraction of sp³-hybridized carbons (Fsp3) is 0.438. The topological polar surface area (TPSA) is 50.3 Å². The fourth-order valence-corrected chi connectivity index (χ4v) is 2.39. The predicted molar refractivity (Wildman–Crippen MR) is 76.6 cm³/mol. The van der Waals surface area contributed by atoms with Crippen LogP contribution < -0.4 is 0 Å². The lowest BCUT2D eigenvalue weighted by molar-refractivity contribution is -0.138. The first-order valence-corrected chi connectivity index (χ1v) is 7.11. The van der Waals surface area contributed by atoms with E-state index in [9.17, 15) is 9.59 Å². The summed E-state index contributed by atoms with van der Waals surface area (Å²) in [5.41, 5.74) is 2.01. The van der Waals surface area contributed by atoms with Crippen molar-refractivity contribution in [2.75, 3.05) is 0 Å². The largest absolute Gasteiger partial charge is 0.269 e. The lowest BCUT2D eigenvalue weighted by atomic mass is 10.0. The Morgan fingerprint density at radius 3 is 2.60 bits per heavy atom. The van der Waals surface area contributed by atoms with Gasteiger partial charge in [0.05, 0.1) is 12.2 Å². The minimum atomic E-state index is -0.174. The Labute approximate surface area is 119 Å². The van der Waals surface area contributed by atoms with Gasteiger partial charge in [0.2, 0.25) is 0 Å². The highest BCUT2D eigenvalue weighted by molar-refractivity contribution is 6.18. The van der Waals surface area contributed by atoms with E-state index in [1.807, 2.05) is 18.2 Å². The maximum atomic E-state index is 12.3. The van der Waals surface area contributed by atoms with E-state index in [-0.39, 0.29) is 18.4 Å². The molecule has 1 aromatic rings. The second-order valence-corrected chi connectivity index (χ2v) is 5.08. The van der Waals surface area contributed by atoms with Gasteiger partial charge in [0.15, 0.2) is 0 Å². The van der Waals surface area contributed by atoms with E-state index in [4.69, 9.17) is 0 Å². The molecule has 0 saturated carbocycles. The zero-order valence-electron chi connectivity index (χ0n) is 12.1. The summed E-state index contributed by atoms with van der Waals surface area (Å²) >= 11 is 0. The van der Waals surface area contributed by atoms with Gasteiger partial charge in [-0.1, -0.05) is 25.8 Å². The highest BCUT2D eigenvalue weighted by Crippen LogP contribution is 2.26. The lowest BCUT2D eigenvalue weighted by Crippen LogP contribution is -2.31. The number of nitrogens with zero attached hydrogens (tertiary/aromatic N) is 2. The number of amides is 2. The molecule has 0 unspecified atom stereocenters. The summed E-state index contributed by atoms with van der Waals surface area (Å²) in [6.45, 7) is 4.13. The Morgan fingerprint density at radius 1 is 1.15 bits per heavy atom. The smallest absolute Gasteiger partial charge is 0.257 e. The zero-order valence-corrected chi connectivity index (χ0v) is 12.1. The van der Waals surface area contributed by atoms with Gasteiger partial charge in [-0.05, 0) is 31.9 Å². The van der Waals surface area contributed by atoms with Crippen LogP contribution >= 0.6 is 0 Å². The van der Waals surface area contributed by atoms with E-state index in [0.717, 1.165) is 25.0 Å². The Morgan fingerprint density at radius 2 is 1.95 bits per heavy atom. The summed E-state index contributed by atoms with van der Waals surface area (Å²) in [5.74, 6) is -0.318. The van der Waals surface area contributed by atoms with Gasteiger partial charge in [0, 0.05) is 17.3 Å². The zero-order chi connectivity index (χ0) is 14.5. The van der Waals surface area contributed by atoms with E-state index in [0.29, 0.717) is 17.6 Å². The first-order chi connectivity index (χ1) is 9.65. The van der Waals surface area contributed by atoms with Crippen LogP contribution in [0.4, 0.5) is 0 Å². The van der Waals surface area contributed by atoms with Gasteiger partial charge < -0.3 is 0 Å². The molecule has 1 aliphatic rings. The molecule has 2 rings (SSSR count). The summed E-state index contributed by atoms with van der Waals surface area (Å²) in [6.07, 6.45) is 5.51. The summed E-state index contributed by atoms with van der Waals surface area (Å²) in [5, 5.41) is 0. The number of unbranched alkanes of at least 4 members (excludes halogenated alkanes) is 2. The van der Waals surface area contributed by atoms with Crippen LogP contribution in [0.25, 0.3) is 0 Å². The van der Waals surface area contributed by atoms with Gasteiger partial charge in [0.1, 0.15) is 0 Å². The van der Waals surface area contributed by atoms with Gasteiger partial charge in [-0.15, -0.1) is 0 Å². The van der Waals surface area contributed by atoms with Crippen LogP contribution in [-0.4, -0.2) is 21.7 Å². The quantitative estimate of drug-likeness (QED) is 0.591. The third-order valence-electron chi connectivity index (χ3n) is 3.60. The highest BCUT2D eigenvalue weighted by atomic mass is 16.2. The molecule has 0 saturated heterocycles. The Kier molecular flexibility index (Phi) is 4.66. The number of hydrogen-bond acceptors (Lipinski definition) is 3. The van der Waals surface area contributed by atoms with E-state index >= 15 is 0 Å². The molecule has 1 aromatic heterocycles. The van der Waals surface area contributed by atoms with Crippen molar-refractivity contribution in [3.63, 3.8) is 0 Å². The van der Waals surface area contributed by atoms with Crippen LogP contribution in [0, 0.1) is 0 Å². The van der Waals surface area contributed by atoms with E-state index in [2.05, 4.69) is 11.9 Å². The molecular formula is C16H20N2O2. The van der Waals surface area contributed by atoms with Crippen molar-refractivity contribution in [2.45, 2.75) is 46.1 Å². The standard InChI is InChI=1S/C16H20N2O2/c1-3-4-5-9-14-12(2)15(19)18(16(14)20)11-13-8-6-7-10-17-13/h6-8,10H,3-5,9,11H2,1-2H3. The van der Waals surface area contributed by atoms with Crippen molar-refractivity contribution < 1.29 is 9.59 Å². The van der Waals surface area contributed by atoms with Crippen molar-refractivity contribution in [1.29, 1.82) is 0 Å². The third-order valence-corrected chi connectivity index (χ3v) is 3.60. The molecule has 0 N–H and O–H groups in total. The monoisotopic (exact) mass is 272 g/mol. The number of aromatic nitrogens is 1. The fourth-order valence-electron chi connectivity index (χ4n) is 2.39. The summed E-state index contributed by atoms with van der Waals surface area (Å²) < 4.78 is 0. The molecule has 0 fully saturated rings. The predicted octanol–water partition coefficient (Wildman–Crippen LogP) is 2.85. The van der Waals surface area contributed by atoms with Gasteiger partial charge in [0.25, 0.3) is 11.8 Å². The number of pyridine rings is 1. The molecular weight excluding hydrogens is 252 g/mol. The Balaban J connectivity index is 2.08. The molecule has 0 aliphatic carbocycles. The molecule has 106 valence electrons. The summed E-state index contributed by atoms with van der Waals surface area (Å²) in [7, 11) is 0. The second kappa shape index (κ2) is 6.46. The van der Waals surface area contributed by atoms with Crippen molar-refractivity contribution >= 4 is 11.8 Å². The first-order valence-electron chi connectivity index (χ1n) is 7.11. The van der Waals surface area contributed by atoms with Gasteiger partial charge >= 0.3 is 0 Å². The molecule has 0 bridgehead atoms. The number of carbonyl (C=O) groups is 2. The van der Waals surface area contributed by atoms with Crippen LogP contribution in [0.3, 0.4) is 0 Å².